The second-order valence-corrected chi connectivity index (χ2v) is 4.66. The molecule has 1 aromatic carbocycles. The van der Waals surface area contributed by atoms with Crippen LogP contribution in [0.25, 0.3) is 0 Å². The Bertz CT molecular complexity index is 398. The Morgan fingerprint density at radius 1 is 1.47 bits per heavy atom. The lowest BCUT2D eigenvalue weighted by atomic mass is 10.2. The molecule has 0 aromatic heterocycles. The molecule has 0 heterocycles. The van der Waals surface area contributed by atoms with Gasteiger partial charge in [0.15, 0.2) is 0 Å². The van der Waals surface area contributed by atoms with Crippen molar-refractivity contribution in [2.75, 3.05) is 14.2 Å². The highest BCUT2D eigenvalue weighted by atomic mass is 127. The molecule has 0 aliphatic heterocycles. The van der Waals surface area contributed by atoms with Crippen LogP contribution < -0.4 is 0 Å². The highest BCUT2D eigenvalue weighted by Gasteiger charge is 2.17. The SMILES string of the molecule is CON(C)C(=O)c1cc(Cl)cc(Cl)c1I. The normalized spacial score (nSPS) is 10.2. The van der Waals surface area contributed by atoms with Gasteiger partial charge in [-0.3, -0.25) is 9.63 Å². The van der Waals surface area contributed by atoms with Crippen LogP contribution in [0.3, 0.4) is 0 Å². The minimum absolute atomic E-state index is 0.286. The molecule has 1 amide bonds. The molecule has 0 fully saturated rings. The van der Waals surface area contributed by atoms with Crippen molar-refractivity contribution in [3.63, 3.8) is 0 Å². The largest absolute Gasteiger partial charge is 0.278 e. The van der Waals surface area contributed by atoms with Crippen molar-refractivity contribution in [1.82, 2.24) is 5.06 Å². The molecule has 15 heavy (non-hydrogen) atoms. The summed E-state index contributed by atoms with van der Waals surface area (Å²) in [6.45, 7) is 0. The molecular weight excluding hydrogens is 352 g/mol. The molecule has 1 aromatic rings. The predicted octanol–water partition coefficient (Wildman–Crippen LogP) is 3.23. The van der Waals surface area contributed by atoms with Gasteiger partial charge in [0.05, 0.1) is 17.7 Å². The third kappa shape index (κ3) is 2.96. The van der Waals surface area contributed by atoms with Crippen LogP contribution in [0.2, 0.25) is 10.0 Å². The first-order valence-electron chi connectivity index (χ1n) is 3.94. The Hall–Kier alpha value is -0.0400. The lowest BCUT2D eigenvalue weighted by Gasteiger charge is -2.15. The summed E-state index contributed by atoms with van der Waals surface area (Å²) >= 11 is 13.7. The maximum Gasteiger partial charge on any atom is 0.278 e. The van der Waals surface area contributed by atoms with Crippen LogP contribution in [0, 0.1) is 3.57 Å². The van der Waals surface area contributed by atoms with E-state index in [-0.39, 0.29) is 5.91 Å². The summed E-state index contributed by atoms with van der Waals surface area (Å²) in [6.07, 6.45) is 0. The van der Waals surface area contributed by atoms with E-state index in [0.29, 0.717) is 19.2 Å². The molecule has 6 heteroatoms. The van der Waals surface area contributed by atoms with Crippen LogP contribution >= 0.6 is 45.8 Å². The number of rotatable bonds is 2. The first kappa shape index (κ1) is 13.0. The van der Waals surface area contributed by atoms with Crippen molar-refractivity contribution in [3.05, 3.63) is 31.3 Å². The van der Waals surface area contributed by atoms with Crippen LogP contribution in [-0.2, 0) is 4.84 Å². The summed E-state index contributed by atoms with van der Waals surface area (Å²) in [4.78, 5) is 16.6. The minimum atomic E-state index is -0.286. The first-order valence-corrected chi connectivity index (χ1v) is 5.77. The molecule has 0 aliphatic rings. The molecule has 3 nitrogen and oxygen atoms in total. The van der Waals surface area contributed by atoms with Crippen molar-refractivity contribution in [2.24, 2.45) is 0 Å². The number of carbonyl (C=O) groups is 1. The van der Waals surface area contributed by atoms with Gasteiger partial charge in [-0.2, -0.15) is 0 Å². The van der Waals surface area contributed by atoms with Crippen molar-refractivity contribution in [2.45, 2.75) is 0 Å². The molecule has 0 aliphatic carbocycles. The number of benzene rings is 1. The van der Waals surface area contributed by atoms with Gasteiger partial charge in [0.1, 0.15) is 0 Å². The fourth-order valence-corrected chi connectivity index (χ4v) is 2.00. The maximum absolute atomic E-state index is 11.8. The molecule has 0 saturated heterocycles. The summed E-state index contributed by atoms with van der Waals surface area (Å²) < 4.78 is 0.660. The van der Waals surface area contributed by atoms with E-state index in [9.17, 15) is 4.79 Å². The monoisotopic (exact) mass is 359 g/mol. The fraction of sp³-hybridized carbons (Fsp3) is 0.222. The van der Waals surface area contributed by atoms with Gasteiger partial charge in [0, 0.05) is 15.6 Å². The van der Waals surface area contributed by atoms with Crippen molar-refractivity contribution >= 4 is 51.7 Å². The van der Waals surface area contributed by atoms with Gasteiger partial charge >= 0.3 is 0 Å². The predicted molar refractivity (Wildman–Crippen MR) is 68.3 cm³/mol. The average molecular weight is 360 g/mol. The molecule has 1 rings (SSSR count). The number of carbonyl (C=O) groups excluding carboxylic acids is 1. The van der Waals surface area contributed by atoms with Gasteiger partial charge in [-0.25, -0.2) is 5.06 Å². The molecule has 0 N–H and O–H groups in total. The van der Waals surface area contributed by atoms with E-state index in [1.54, 1.807) is 12.1 Å². The molecule has 82 valence electrons. The number of hydrogen-bond donors (Lipinski definition) is 0. The van der Waals surface area contributed by atoms with E-state index < -0.39 is 0 Å². The summed E-state index contributed by atoms with van der Waals surface area (Å²) in [7, 11) is 2.93. The summed E-state index contributed by atoms with van der Waals surface area (Å²) in [5.41, 5.74) is 0.428. The number of hydrogen-bond acceptors (Lipinski definition) is 2. The lowest BCUT2D eigenvalue weighted by molar-refractivity contribution is -0.0757. The van der Waals surface area contributed by atoms with Gasteiger partial charge in [-0.1, -0.05) is 23.2 Å². The Labute approximate surface area is 111 Å². The van der Waals surface area contributed by atoms with Crippen LogP contribution in [0.4, 0.5) is 0 Å². The Morgan fingerprint density at radius 3 is 2.60 bits per heavy atom. The van der Waals surface area contributed by atoms with Gasteiger partial charge in [0.2, 0.25) is 0 Å². The second-order valence-electron chi connectivity index (χ2n) is 2.73. The van der Waals surface area contributed by atoms with E-state index in [4.69, 9.17) is 28.0 Å². The Balaban J connectivity index is 3.19. The molecule has 0 radical (unpaired) electrons. The molecule has 0 spiro atoms. The van der Waals surface area contributed by atoms with Crippen LogP contribution in [0.1, 0.15) is 10.4 Å². The van der Waals surface area contributed by atoms with Gasteiger partial charge in [0.25, 0.3) is 5.91 Å². The average Bonchev–Trinajstić information content (AvgIpc) is 2.21. The third-order valence-electron chi connectivity index (χ3n) is 1.78. The topological polar surface area (TPSA) is 29.5 Å². The van der Waals surface area contributed by atoms with Crippen molar-refractivity contribution < 1.29 is 9.63 Å². The van der Waals surface area contributed by atoms with Gasteiger partial charge in [-0.05, 0) is 34.7 Å². The number of nitrogens with zero attached hydrogens (tertiary/aromatic N) is 1. The quantitative estimate of drug-likeness (QED) is 0.461. The zero-order valence-corrected chi connectivity index (χ0v) is 11.7. The van der Waals surface area contributed by atoms with Gasteiger partial charge in [-0.15, -0.1) is 0 Å². The molecule has 0 atom stereocenters. The van der Waals surface area contributed by atoms with Crippen molar-refractivity contribution in [1.29, 1.82) is 0 Å². The molecule has 0 bridgehead atoms. The summed E-state index contributed by atoms with van der Waals surface area (Å²) in [5, 5.41) is 1.99. The van der Waals surface area contributed by atoms with Crippen LogP contribution in [-0.4, -0.2) is 25.1 Å². The molecule has 0 saturated carbocycles. The van der Waals surface area contributed by atoms with E-state index >= 15 is 0 Å². The highest BCUT2D eigenvalue weighted by molar-refractivity contribution is 14.1. The zero-order valence-electron chi connectivity index (χ0n) is 8.05. The van der Waals surface area contributed by atoms with E-state index in [2.05, 4.69) is 0 Å². The van der Waals surface area contributed by atoms with Gasteiger partial charge < -0.3 is 0 Å². The van der Waals surface area contributed by atoms with E-state index in [0.717, 1.165) is 5.06 Å². The number of hydroxylamine groups is 2. The second kappa shape index (κ2) is 5.34. The minimum Gasteiger partial charge on any atom is -0.274 e. The fourth-order valence-electron chi connectivity index (χ4n) is 0.964. The smallest absolute Gasteiger partial charge is 0.274 e. The zero-order chi connectivity index (χ0) is 11.6. The summed E-state index contributed by atoms with van der Waals surface area (Å²) in [6, 6.07) is 3.15. The van der Waals surface area contributed by atoms with E-state index in [1.807, 2.05) is 22.6 Å². The lowest BCUT2D eigenvalue weighted by Crippen LogP contribution is -2.26. The summed E-state index contributed by atoms with van der Waals surface area (Å²) in [5.74, 6) is -0.286. The Morgan fingerprint density at radius 2 is 2.07 bits per heavy atom. The standard InChI is InChI=1S/C9H8Cl2INO2/c1-13(15-2)9(14)6-3-5(10)4-7(11)8(6)12/h3-4H,1-2H3. The third-order valence-corrected chi connectivity index (χ3v) is 3.78. The number of amides is 1. The Kier molecular flexibility index (Phi) is 4.64. The molecular formula is C9H8Cl2INO2. The van der Waals surface area contributed by atoms with Crippen molar-refractivity contribution in [3.8, 4) is 0 Å². The van der Waals surface area contributed by atoms with E-state index in [1.165, 1.54) is 14.2 Å². The molecule has 0 unspecified atom stereocenters. The maximum atomic E-state index is 11.8. The number of halogens is 3. The highest BCUT2D eigenvalue weighted by Crippen LogP contribution is 2.27. The first-order chi connectivity index (χ1) is 6.97. The van der Waals surface area contributed by atoms with Crippen LogP contribution in [0.5, 0.6) is 0 Å². The van der Waals surface area contributed by atoms with Crippen LogP contribution in [0.15, 0.2) is 12.1 Å².